The van der Waals surface area contributed by atoms with Gasteiger partial charge in [0.25, 0.3) is 0 Å². The predicted octanol–water partition coefficient (Wildman–Crippen LogP) is 4.47. The molecule has 1 aliphatic carbocycles. The van der Waals surface area contributed by atoms with Gasteiger partial charge in [-0.2, -0.15) is 15.4 Å². The largest absolute Gasteiger partial charge is 0.461 e. The molecule has 1 aliphatic heterocycles. The zero-order valence-electron chi connectivity index (χ0n) is 26.0. The van der Waals surface area contributed by atoms with E-state index in [1.165, 1.54) is 17.8 Å². The minimum atomic E-state index is -4.35. The van der Waals surface area contributed by atoms with Crippen LogP contribution in [0.25, 0.3) is 5.52 Å². The number of hydrogen-bond donors (Lipinski definition) is 3. The van der Waals surface area contributed by atoms with Gasteiger partial charge in [0, 0.05) is 12.3 Å². The highest BCUT2D eigenvalue weighted by Crippen LogP contribution is 2.48. The number of anilines is 1. The summed E-state index contributed by atoms with van der Waals surface area (Å²) in [5.41, 5.74) is -0.955. The Balaban J connectivity index is 1.33. The first-order valence-electron chi connectivity index (χ1n) is 15.4. The number of nitrogens with zero attached hydrogens (tertiary/aromatic N) is 4. The second-order valence-corrected chi connectivity index (χ2v) is 13.6. The molecule has 2 fully saturated rings. The molecule has 0 spiro atoms. The molecular weight excluding hydrogens is 615 g/mol. The molecule has 1 saturated heterocycles. The highest BCUT2D eigenvalue weighted by atomic mass is 31.2. The van der Waals surface area contributed by atoms with Gasteiger partial charge in [-0.05, 0) is 56.9 Å². The zero-order valence-corrected chi connectivity index (χ0v) is 26.9. The molecule has 46 heavy (non-hydrogen) atoms. The van der Waals surface area contributed by atoms with Crippen LogP contribution < -0.4 is 14.9 Å². The van der Waals surface area contributed by atoms with E-state index in [-0.39, 0.29) is 30.1 Å². The summed E-state index contributed by atoms with van der Waals surface area (Å²) < 4.78 is 38.9. The highest BCUT2D eigenvalue weighted by molar-refractivity contribution is 7.52. The van der Waals surface area contributed by atoms with Crippen molar-refractivity contribution in [2.45, 2.75) is 89.3 Å². The lowest BCUT2D eigenvalue weighted by Crippen LogP contribution is -2.44. The molecule has 1 amide bonds. The third kappa shape index (κ3) is 7.57. The van der Waals surface area contributed by atoms with Crippen LogP contribution >= 0.6 is 7.75 Å². The summed E-state index contributed by atoms with van der Waals surface area (Å²) in [6.45, 7) is 4.36. The molecule has 14 nitrogen and oxygen atoms in total. The van der Waals surface area contributed by atoms with Crippen molar-refractivity contribution in [3.05, 3.63) is 54.5 Å². The van der Waals surface area contributed by atoms with Crippen LogP contribution in [0.15, 0.2) is 48.8 Å². The monoisotopic (exact) mass is 654 g/mol. The number of aromatic nitrogens is 3. The SMILES string of the molecule is CC(C)C(=O)Nc1ncnn2c([C@H]3C[C@H](O)[C@@](C#N)(COP(=O)(N[C@@H](C)C(=O)OC4CCCCC4)Oc4ccccc4)O3)ccc12. The van der Waals surface area contributed by atoms with Crippen molar-refractivity contribution in [2.75, 3.05) is 11.9 Å². The fourth-order valence-electron chi connectivity index (χ4n) is 5.40. The first kappa shape index (κ1) is 33.5. The third-order valence-electron chi connectivity index (χ3n) is 8.05. The molecule has 0 radical (unpaired) electrons. The van der Waals surface area contributed by atoms with Crippen LogP contribution in [0.1, 0.15) is 71.1 Å². The molecule has 1 unspecified atom stereocenters. The molecule has 3 N–H and O–H groups in total. The van der Waals surface area contributed by atoms with Crippen LogP contribution in [-0.4, -0.2) is 62.0 Å². The highest BCUT2D eigenvalue weighted by Gasteiger charge is 2.52. The Labute approximate surface area is 267 Å². The number of carbonyl (C=O) groups excluding carboxylic acids is 2. The van der Waals surface area contributed by atoms with Crippen molar-refractivity contribution in [2.24, 2.45) is 5.92 Å². The van der Waals surface area contributed by atoms with E-state index in [0.717, 1.165) is 32.1 Å². The van der Waals surface area contributed by atoms with Crippen molar-refractivity contribution < 1.29 is 37.8 Å². The van der Waals surface area contributed by atoms with E-state index in [1.807, 2.05) is 6.07 Å². The van der Waals surface area contributed by atoms with Crippen molar-refractivity contribution in [1.82, 2.24) is 19.7 Å². The van der Waals surface area contributed by atoms with Gasteiger partial charge in [-0.3, -0.25) is 14.1 Å². The minimum Gasteiger partial charge on any atom is -0.461 e. The lowest BCUT2D eigenvalue weighted by molar-refractivity contribution is -0.152. The van der Waals surface area contributed by atoms with Gasteiger partial charge in [-0.1, -0.05) is 38.5 Å². The van der Waals surface area contributed by atoms with Gasteiger partial charge in [0.15, 0.2) is 5.82 Å². The Hall–Kier alpha value is -3.86. The number of fused-ring (bicyclic) bond motifs is 1. The molecule has 15 heteroatoms. The molecule has 5 atom stereocenters. The van der Waals surface area contributed by atoms with E-state index in [0.29, 0.717) is 17.0 Å². The van der Waals surface area contributed by atoms with Gasteiger partial charge in [0.2, 0.25) is 11.5 Å². The number of nitrogens with one attached hydrogen (secondary N) is 2. The Kier molecular flexibility index (Phi) is 10.4. The molecule has 246 valence electrons. The maximum atomic E-state index is 14.1. The average molecular weight is 655 g/mol. The zero-order chi connectivity index (χ0) is 32.9. The summed E-state index contributed by atoms with van der Waals surface area (Å²) in [6, 6.07) is 12.6. The number of rotatable bonds is 12. The number of amides is 1. The fourth-order valence-corrected chi connectivity index (χ4v) is 6.92. The van der Waals surface area contributed by atoms with E-state index < -0.39 is 44.2 Å². The van der Waals surface area contributed by atoms with Gasteiger partial charge >= 0.3 is 13.7 Å². The number of nitriles is 1. The topological polar surface area (TPSA) is 186 Å². The van der Waals surface area contributed by atoms with Crippen LogP contribution in [0.2, 0.25) is 0 Å². The maximum absolute atomic E-state index is 14.1. The molecular formula is C31H39N6O8P. The van der Waals surface area contributed by atoms with E-state index in [2.05, 4.69) is 20.5 Å². The van der Waals surface area contributed by atoms with E-state index in [4.69, 9.17) is 18.5 Å². The van der Waals surface area contributed by atoms with E-state index >= 15 is 0 Å². The summed E-state index contributed by atoms with van der Waals surface area (Å²) in [7, 11) is -4.35. The maximum Gasteiger partial charge on any atom is 0.459 e. The Morgan fingerprint density at radius 3 is 2.61 bits per heavy atom. The van der Waals surface area contributed by atoms with Crippen LogP contribution in [0.5, 0.6) is 5.75 Å². The van der Waals surface area contributed by atoms with Gasteiger partial charge in [0.05, 0.1) is 5.69 Å². The smallest absolute Gasteiger partial charge is 0.459 e. The molecule has 2 aromatic heterocycles. The average Bonchev–Trinajstić information content (AvgIpc) is 3.62. The third-order valence-corrected chi connectivity index (χ3v) is 9.68. The number of carbonyl (C=O) groups is 2. The molecule has 1 saturated carbocycles. The van der Waals surface area contributed by atoms with Crippen molar-refractivity contribution in [1.29, 1.82) is 5.26 Å². The molecule has 1 aromatic carbocycles. The Bertz CT molecular complexity index is 1620. The standard InChI is InChI=1S/C31H39N6O8P/c1-20(2)29(39)35-28-25-15-14-24(37(25)34-19-33-28)26-16-27(38)31(17-32,44-26)18-42-46(41,45-23-12-8-5-9-13-23)36-21(3)30(40)43-22-10-6-4-7-11-22/h5,8-9,12-15,19-22,26-27,38H,4,6-7,10-11,16,18H2,1-3H3,(H,36,41)(H,33,34,35,39)/t21-,26+,27-,31+,46?/m0/s1. The second-order valence-electron chi connectivity index (χ2n) is 11.9. The first-order chi connectivity index (χ1) is 22.0. The second kappa shape index (κ2) is 14.3. The molecule has 2 aliphatic rings. The summed E-state index contributed by atoms with van der Waals surface area (Å²) in [5, 5.41) is 31.0. The first-order valence-corrected chi connectivity index (χ1v) is 16.9. The normalized spacial score (nSPS) is 23.8. The van der Waals surface area contributed by atoms with Crippen LogP contribution in [0.4, 0.5) is 5.82 Å². The summed E-state index contributed by atoms with van der Waals surface area (Å²) in [4.78, 5) is 29.4. The van der Waals surface area contributed by atoms with Crippen LogP contribution in [-0.2, 0) is 28.2 Å². The van der Waals surface area contributed by atoms with Gasteiger partial charge in [0.1, 0.15) is 54.6 Å². The van der Waals surface area contributed by atoms with E-state index in [1.54, 1.807) is 56.3 Å². The number of ether oxygens (including phenoxy) is 2. The lowest BCUT2D eigenvalue weighted by atomic mass is 9.98. The Morgan fingerprint density at radius 1 is 1.17 bits per heavy atom. The number of benzene rings is 1. The number of aliphatic hydroxyl groups is 1. The number of para-hydroxylation sites is 1. The van der Waals surface area contributed by atoms with Crippen LogP contribution in [0.3, 0.4) is 0 Å². The predicted molar refractivity (Wildman–Crippen MR) is 165 cm³/mol. The van der Waals surface area contributed by atoms with Crippen LogP contribution in [0, 0.1) is 17.2 Å². The van der Waals surface area contributed by atoms with Gasteiger partial charge in [-0.25, -0.2) is 14.1 Å². The van der Waals surface area contributed by atoms with E-state index in [9.17, 15) is 24.5 Å². The molecule has 0 bridgehead atoms. The van der Waals surface area contributed by atoms with Crippen molar-refractivity contribution >= 4 is 31.0 Å². The fraction of sp³-hybridized carbons (Fsp3) is 0.516. The Morgan fingerprint density at radius 2 is 1.91 bits per heavy atom. The van der Waals surface area contributed by atoms with Gasteiger partial charge in [-0.15, -0.1) is 0 Å². The lowest BCUT2D eigenvalue weighted by Gasteiger charge is -2.29. The molecule has 5 rings (SSSR count). The minimum absolute atomic E-state index is 0.0118. The van der Waals surface area contributed by atoms with Crippen molar-refractivity contribution in [3.63, 3.8) is 0 Å². The molecule has 3 heterocycles. The van der Waals surface area contributed by atoms with Gasteiger partial charge < -0.3 is 24.4 Å². The quantitative estimate of drug-likeness (QED) is 0.184. The summed E-state index contributed by atoms with van der Waals surface area (Å²) >= 11 is 0. The number of aliphatic hydroxyl groups excluding tert-OH is 1. The summed E-state index contributed by atoms with van der Waals surface area (Å²) in [6.07, 6.45) is 3.46. The molecule has 3 aromatic rings. The summed E-state index contributed by atoms with van der Waals surface area (Å²) in [5.74, 6) is -0.595. The van der Waals surface area contributed by atoms with Crippen molar-refractivity contribution in [3.8, 4) is 11.8 Å². The number of hydrogen-bond acceptors (Lipinski definition) is 11. The number of esters is 1.